The second-order valence-electron chi connectivity index (χ2n) is 6.24. The van der Waals surface area contributed by atoms with Gasteiger partial charge >= 0.3 is 5.97 Å². The van der Waals surface area contributed by atoms with Crippen LogP contribution in [0.4, 0.5) is 0 Å². The summed E-state index contributed by atoms with van der Waals surface area (Å²) in [6.07, 6.45) is 0.807. The number of thioether (sulfide) groups is 1. The van der Waals surface area contributed by atoms with Crippen LogP contribution in [0.3, 0.4) is 0 Å². The molecule has 0 radical (unpaired) electrons. The minimum Gasteiger partial charge on any atom is -0.463 e. The van der Waals surface area contributed by atoms with E-state index in [4.69, 9.17) is 25.5 Å². The fraction of sp³-hybridized carbons (Fsp3) is 0.350. The topological polar surface area (TPSA) is 79.4 Å². The van der Waals surface area contributed by atoms with Crippen molar-refractivity contribution in [2.75, 3.05) is 20.8 Å². The number of halogens is 1. The highest BCUT2D eigenvalue weighted by atomic mass is 35.5. The number of benzene rings is 1. The first kappa shape index (κ1) is 21.4. The lowest BCUT2D eigenvalue weighted by Crippen LogP contribution is -2.06. The van der Waals surface area contributed by atoms with E-state index in [0.717, 1.165) is 17.1 Å². The summed E-state index contributed by atoms with van der Waals surface area (Å²) in [4.78, 5) is 11.6. The van der Waals surface area contributed by atoms with Crippen LogP contribution in [0, 0.1) is 0 Å². The number of ether oxygens (including phenoxy) is 2. The third-order valence-electron chi connectivity index (χ3n) is 4.26. The first-order valence-electron chi connectivity index (χ1n) is 9.07. The van der Waals surface area contributed by atoms with Gasteiger partial charge in [0.2, 0.25) is 5.76 Å². The molecule has 2 aromatic heterocycles. The number of hydrogen-bond donors (Lipinski definition) is 0. The third-order valence-corrected chi connectivity index (χ3v) is 5.69. The van der Waals surface area contributed by atoms with Crippen LogP contribution in [-0.2, 0) is 16.0 Å². The van der Waals surface area contributed by atoms with Crippen molar-refractivity contribution in [2.45, 2.75) is 30.3 Å². The van der Waals surface area contributed by atoms with Gasteiger partial charge in [-0.05, 0) is 37.6 Å². The summed E-state index contributed by atoms with van der Waals surface area (Å²) in [5.41, 5.74) is 0.824. The molecule has 154 valence electrons. The number of nitrogens with zero attached hydrogens (tertiary/aromatic N) is 3. The zero-order chi connectivity index (χ0) is 20.8. The molecule has 1 aromatic carbocycles. The quantitative estimate of drug-likeness (QED) is 0.269. The number of carbonyl (C=O) groups excluding carboxylic acids is 1. The van der Waals surface area contributed by atoms with Crippen molar-refractivity contribution in [3.63, 3.8) is 0 Å². The Kier molecular flexibility index (Phi) is 7.35. The standard InChI is InChI=1S/C20H22ClN3O4S/c1-13(16-9-10-17(28-16)19(25)27-3)29-20-23-22-18(24(20)11-6-12-26-2)14-7-4-5-8-15(14)21/h4-5,7-10,13H,6,11-12H2,1-3H3. The highest BCUT2D eigenvalue weighted by molar-refractivity contribution is 7.99. The van der Waals surface area contributed by atoms with Crippen LogP contribution in [-0.4, -0.2) is 41.6 Å². The van der Waals surface area contributed by atoms with Gasteiger partial charge in [-0.25, -0.2) is 4.79 Å². The van der Waals surface area contributed by atoms with Crippen LogP contribution in [0.25, 0.3) is 11.4 Å². The molecule has 3 aromatic rings. The molecule has 0 amide bonds. The van der Waals surface area contributed by atoms with E-state index in [1.807, 2.05) is 35.8 Å². The van der Waals surface area contributed by atoms with Gasteiger partial charge in [0.15, 0.2) is 11.0 Å². The van der Waals surface area contributed by atoms with E-state index in [1.54, 1.807) is 19.2 Å². The van der Waals surface area contributed by atoms with E-state index in [2.05, 4.69) is 10.2 Å². The van der Waals surface area contributed by atoms with Crippen LogP contribution in [0.1, 0.15) is 34.9 Å². The maximum absolute atomic E-state index is 11.6. The van der Waals surface area contributed by atoms with E-state index in [1.165, 1.54) is 18.9 Å². The summed E-state index contributed by atoms with van der Waals surface area (Å²) in [5, 5.41) is 10.0. The van der Waals surface area contributed by atoms with Crippen molar-refractivity contribution in [2.24, 2.45) is 0 Å². The molecule has 0 aliphatic rings. The second kappa shape index (κ2) is 9.96. The Labute approximate surface area is 178 Å². The zero-order valence-electron chi connectivity index (χ0n) is 16.4. The third kappa shape index (κ3) is 5.01. The van der Waals surface area contributed by atoms with Crippen molar-refractivity contribution in [3.05, 3.63) is 52.9 Å². The van der Waals surface area contributed by atoms with E-state index in [9.17, 15) is 4.79 Å². The molecule has 1 unspecified atom stereocenters. The molecule has 29 heavy (non-hydrogen) atoms. The molecule has 7 nitrogen and oxygen atoms in total. The second-order valence-corrected chi connectivity index (χ2v) is 7.95. The lowest BCUT2D eigenvalue weighted by molar-refractivity contribution is 0.0563. The average Bonchev–Trinajstić information content (AvgIpc) is 3.36. The summed E-state index contributed by atoms with van der Waals surface area (Å²) in [5.74, 6) is 1.03. The Bertz CT molecular complexity index is 972. The number of aromatic nitrogens is 3. The molecule has 9 heteroatoms. The fourth-order valence-corrected chi connectivity index (χ4v) is 3.96. The first-order chi connectivity index (χ1) is 14.0. The number of rotatable bonds is 9. The molecule has 0 aliphatic heterocycles. The summed E-state index contributed by atoms with van der Waals surface area (Å²) in [6.45, 7) is 3.29. The molecule has 0 saturated heterocycles. The van der Waals surface area contributed by atoms with Crippen LogP contribution >= 0.6 is 23.4 Å². The van der Waals surface area contributed by atoms with Gasteiger partial charge in [0.05, 0.1) is 17.4 Å². The largest absolute Gasteiger partial charge is 0.463 e. The van der Waals surface area contributed by atoms with Gasteiger partial charge in [-0.3, -0.25) is 0 Å². The van der Waals surface area contributed by atoms with Crippen LogP contribution in [0.5, 0.6) is 0 Å². The number of hydrogen-bond acceptors (Lipinski definition) is 7. The van der Waals surface area contributed by atoms with Crippen LogP contribution in [0.15, 0.2) is 46.0 Å². The first-order valence-corrected chi connectivity index (χ1v) is 10.3. The summed E-state index contributed by atoms with van der Waals surface area (Å²) in [6, 6.07) is 10.9. The lowest BCUT2D eigenvalue weighted by Gasteiger charge is -2.13. The van der Waals surface area contributed by atoms with Gasteiger partial charge in [0.1, 0.15) is 5.76 Å². The Balaban J connectivity index is 1.87. The van der Waals surface area contributed by atoms with Crippen LogP contribution < -0.4 is 0 Å². The predicted molar refractivity (Wildman–Crippen MR) is 111 cm³/mol. The van der Waals surface area contributed by atoms with E-state index in [-0.39, 0.29) is 11.0 Å². The normalized spacial score (nSPS) is 12.1. The monoisotopic (exact) mass is 435 g/mol. The summed E-state index contributed by atoms with van der Waals surface area (Å²) < 4.78 is 17.5. The Morgan fingerprint density at radius 3 is 2.76 bits per heavy atom. The fourth-order valence-electron chi connectivity index (χ4n) is 2.78. The highest BCUT2D eigenvalue weighted by Gasteiger charge is 2.21. The van der Waals surface area contributed by atoms with E-state index in [0.29, 0.717) is 29.8 Å². The molecular weight excluding hydrogens is 414 g/mol. The van der Waals surface area contributed by atoms with Crippen molar-refractivity contribution in [3.8, 4) is 11.4 Å². The van der Waals surface area contributed by atoms with E-state index >= 15 is 0 Å². The van der Waals surface area contributed by atoms with Gasteiger partial charge in [-0.15, -0.1) is 10.2 Å². The van der Waals surface area contributed by atoms with Crippen molar-refractivity contribution in [1.29, 1.82) is 0 Å². The van der Waals surface area contributed by atoms with Crippen LogP contribution in [0.2, 0.25) is 5.02 Å². The Hall–Kier alpha value is -2.29. The highest BCUT2D eigenvalue weighted by Crippen LogP contribution is 2.37. The molecule has 0 bridgehead atoms. The molecule has 0 fully saturated rings. The predicted octanol–water partition coefficient (Wildman–Crippen LogP) is 4.87. The lowest BCUT2D eigenvalue weighted by atomic mass is 10.2. The molecular formula is C20H22ClN3O4S. The molecule has 1 atom stereocenters. The average molecular weight is 436 g/mol. The molecule has 0 saturated carbocycles. The van der Waals surface area contributed by atoms with Gasteiger partial charge < -0.3 is 18.5 Å². The minimum absolute atomic E-state index is 0.0853. The van der Waals surface area contributed by atoms with E-state index < -0.39 is 5.97 Å². The number of furan rings is 1. The molecule has 2 heterocycles. The van der Waals surface area contributed by atoms with Crippen molar-refractivity contribution < 1.29 is 18.7 Å². The summed E-state index contributed by atoms with van der Waals surface area (Å²) in [7, 11) is 3.00. The van der Waals surface area contributed by atoms with Gasteiger partial charge in [0.25, 0.3) is 0 Å². The van der Waals surface area contributed by atoms with Crippen molar-refractivity contribution in [1.82, 2.24) is 14.8 Å². The Morgan fingerprint density at radius 2 is 2.03 bits per heavy atom. The molecule has 0 spiro atoms. The van der Waals surface area contributed by atoms with Gasteiger partial charge in [-0.2, -0.15) is 0 Å². The van der Waals surface area contributed by atoms with Gasteiger partial charge in [0, 0.05) is 25.8 Å². The number of methoxy groups -OCH3 is 2. The molecule has 3 rings (SSSR count). The minimum atomic E-state index is -0.503. The zero-order valence-corrected chi connectivity index (χ0v) is 18.0. The number of carbonyl (C=O) groups is 1. The SMILES string of the molecule is COCCCn1c(SC(C)c2ccc(C(=O)OC)o2)nnc1-c1ccccc1Cl. The maximum Gasteiger partial charge on any atom is 0.373 e. The molecule has 0 N–H and O–H groups in total. The van der Waals surface area contributed by atoms with Gasteiger partial charge in [-0.1, -0.05) is 35.5 Å². The smallest absolute Gasteiger partial charge is 0.373 e. The Morgan fingerprint density at radius 1 is 1.24 bits per heavy atom. The molecule has 0 aliphatic carbocycles. The van der Waals surface area contributed by atoms with Crippen molar-refractivity contribution >= 4 is 29.3 Å². The number of esters is 1. The summed E-state index contributed by atoms with van der Waals surface area (Å²) >= 11 is 7.87. The maximum atomic E-state index is 11.6.